The van der Waals surface area contributed by atoms with Crippen molar-refractivity contribution in [1.82, 2.24) is 15.1 Å². The number of nitriles is 1. The molecule has 2 unspecified atom stereocenters. The fourth-order valence-corrected chi connectivity index (χ4v) is 7.16. The maximum atomic E-state index is 13.4. The standard InChI is InChI=1S/C25H24N4O2S3/c1-32-24-27-28-25(34-24)33-15-16-5-7-18(8-6-16)23(30)29-19-9-10-20(29)13-22(12-19)31-21-4-2-3-17(11-21)14-26/h2-8,11,19-20,22H,9-10,12-13,15H2,1H3. The number of hydrogen-bond acceptors (Lipinski definition) is 8. The Morgan fingerprint density at radius 2 is 1.88 bits per heavy atom. The largest absolute Gasteiger partial charge is 0.490 e. The van der Waals surface area contributed by atoms with Crippen molar-refractivity contribution < 1.29 is 9.53 Å². The molecule has 3 aromatic rings. The van der Waals surface area contributed by atoms with Crippen molar-refractivity contribution in [2.45, 2.75) is 58.3 Å². The first-order chi connectivity index (χ1) is 16.6. The molecule has 174 valence electrons. The van der Waals surface area contributed by atoms with E-state index in [0.717, 1.165) is 57.0 Å². The average Bonchev–Trinajstić information content (AvgIpc) is 3.44. The van der Waals surface area contributed by atoms with Crippen LogP contribution in [0.2, 0.25) is 0 Å². The zero-order valence-electron chi connectivity index (χ0n) is 18.7. The maximum Gasteiger partial charge on any atom is 0.254 e. The highest BCUT2D eigenvalue weighted by Gasteiger charge is 2.44. The van der Waals surface area contributed by atoms with E-state index in [9.17, 15) is 4.79 Å². The van der Waals surface area contributed by atoms with Crippen LogP contribution < -0.4 is 4.74 Å². The van der Waals surface area contributed by atoms with E-state index in [1.54, 1.807) is 47.0 Å². The first-order valence-corrected chi connectivity index (χ1v) is 14.2. The molecular formula is C25H24N4O2S3. The Hall–Kier alpha value is -2.54. The van der Waals surface area contributed by atoms with Gasteiger partial charge in [-0.2, -0.15) is 5.26 Å². The zero-order valence-corrected chi connectivity index (χ0v) is 21.2. The van der Waals surface area contributed by atoms with Gasteiger partial charge in [-0.3, -0.25) is 4.79 Å². The van der Waals surface area contributed by atoms with E-state index in [1.807, 2.05) is 42.7 Å². The molecule has 2 fully saturated rings. The molecule has 2 atom stereocenters. The van der Waals surface area contributed by atoms with Crippen molar-refractivity contribution in [3.63, 3.8) is 0 Å². The summed E-state index contributed by atoms with van der Waals surface area (Å²) >= 11 is 4.88. The number of hydrogen-bond donors (Lipinski definition) is 0. The van der Waals surface area contributed by atoms with Gasteiger partial charge in [-0.25, -0.2) is 0 Å². The number of carbonyl (C=O) groups excluding carboxylic acids is 1. The Balaban J connectivity index is 1.19. The molecule has 0 radical (unpaired) electrons. The molecule has 1 amide bonds. The number of nitrogens with zero attached hydrogens (tertiary/aromatic N) is 4. The summed E-state index contributed by atoms with van der Waals surface area (Å²) in [5.74, 6) is 1.65. The van der Waals surface area contributed by atoms with E-state index in [4.69, 9.17) is 10.00 Å². The summed E-state index contributed by atoms with van der Waals surface area (Å²) in [5, 5.41) is 17.4. The van der Waals surface area contributed by atoms with Crippen molar-refractivity contribution in [1.29, 1.82) is 5.26 Å². The first-order valence-electron chi connectivity index (χ1n) is 11.2. The van der Waals surface area contributed by atoms with Crippen molar-refractivity contribution in [3.8, 4) is 11.8 Å². The molecule has 0 spiro atoms. The number of aromatic nitrogens is 2. The first kappa shape index (κ1) is 23.2. The number of fused-ring (bicyclic) bond motifs is 2. The summed E-state index contributed by atoms with van der Waals surface area (Å²) in [7, 11) is 0. The summed E-state index contributed by atoms with van der Waals surface area (Å²) in [6, 6.07) is 17.8. The minimum Gasteiger partial charge on any atom is -0.490 e. The highest BCUT2D eigenvalue weighted by molar-refractivity contribution is 8.02. The van der Waals surface area contributed by atoms with E-state index in [0.29, 0.717) is 5.56 Å². The minimum atomic E-state index is 0.0712. The van der Waals surface area contributed by atoms with Gasteiger partial charge in [-0.15, -0.1) is 10.2 Å². The third kappa shape index (κ3) is 5.09. The molecule has 0 aliphatic carbocycles. The van der Waals surface area contributed by atoms with Crippen LogP contribution in [0.5, 0.6) is 5.75 Å². The fraction of sp³-hybridized carbons (Fsp3) is 0.360. The van der Waals surface area contributed by atoms with Crippen molar-refractivity contribution in [2.24, 2.45) is 0 Å². The van der Waals surface area contributed by atoms with E-state index in [1.165, 1.54) is 0 Å². The van der Waals surface area contributed by atoms with Gasteiger partial charge in [0, 0.05) is 36.2 Å². The highest BCUT2D eigenvalue weighted by atomic mass is 32.2. The Labute approximate surface area is 211 Å². The number of carbonyl (C=O) groups is 1. The van der Waals surface area contributed by atoms with E-state index < -0.39 is 0 Å². The smallest absolute Gasteiger partial charge is 0.254 e. The number of benzene rings is 2. The van der Waals surface area contributed by atoms with Crippen LogP contribution in [-0.4, -0.2) is 45.4 Å². The number of rotatable bonds is 7. The van der Waals surface area contributed by atoms with Gasteiger partial charge < -0.3 is 9.64 Å². The van der Waals surface area contributed by atoms with E-state index in [2.05, 4.69) is 21.2 Å². The van der Waals surface area contributed by atoms with Crippen LogP contribution in [0.3, 0.4) is 0 Å². The Morgan fingerprint density at radius 1 is 1.15 bits per heavy atom. The molecule has 9 heteroatoms. The number of thioether (sulfide) groups is 2. The summed E-state index contributed by atoms with van der Waals surface area (Å²) in [4.78, 5) is 15.4. The summed E-state index contributed by atoms with van der Waals surface area (Å²) in [5.41, 5.74) is 2.51. The second-order valence-electron chi connectivity index (χ2n) is 8.47. The monoisotopic (exact) mass is 508 g/mol. The molecule has 2 bridgehead atoms. The third-order valence-corrected chi connectivity index (χ3v) is 9.42. The van der Waals surface area contributed by atoms with Gasteiger partial charge in [0.25, 0.3) is 5.91 Å². The molecule has 2 aliphatic rings. The summed E-state index contributed by atoms with van der Waals surface area (Å²) in [6.07, 6.45) is 5.76. The lowest BCUT2D eigenvalue weighted by molar-refractivity contribution is 0.0359. The van der Waals surface area contributed by atoms with Crippen LogP contribution in [0.25, 0.3) is 0 Å². The van der Waals surface area contributed by atoms with Gasteiger partial charge in [0.2, 0.25) is 0 Å². The second kappa shape index (κ2) is 10.4. The SMILES string of the molecule is CSc1nnc(SCc2ccc(C(=O)N3C4CCC3CC(Oc3cccc(C#N)c3)C4)cc2)s1. The normalized spacial score (nSPS) is 21.3. The van der Waals surface area contributed by atoms with Gasteiger partial charge in [0.05, 0.1) is 11.6 Å². The summed E-state index contributed by atoms with van der Waals surface area (Å²) < 4.78 is 8.14. The predicted molar refractivity (Wildman–Crippen MR) is 135 cm³/mol. The number of piperidine rings is 1. The Morgan fingerprint density at radius 3 is 2.56 bits per heavy atom. The summed E-state index contributed by atoms with van der Waals surface area (Å²) in [6.45, 7) is 0. The molecule has 0 saturated carbocycles. The van der Waals surface area contributed by atoms with Crippen LogP contribution in [0.1, 0.15) is 47.2 Å². The molecular weight excluding hydrogens is 485 g/mol. The molecule has 0 N–H and O–H groups in total. The topological polar surface area (TPSA) is 79.1 Å². The van der Waals surface area contributed by atoms with Crippen LogP contribution in [0, 0.1) is 11.3 Å². The quantitative estimate of drug-likeness (QED) is 0.382. The fourth-order valence-electron chi connectivity index (χ4n) is 4.76. The van der Waals surface area contributed by atoms with E-state index >= 15 is 0 Å². The van der Waals surface area contributed by atoms with Crippen LogP contribution >= 0.6 is 34.9 Å². The molecule has 1 aromatic heterocycles. The molecule has 34 heavy (non-hydrogen) atoms. The number of amides is 1. The zero-order chi connectivity index (χ0) is 23.5. The molecule has 5 rings (SSSR count). The predicted octanol–water partition coefficient (Wildman–Crippen LogP) is 5.64. The lowest BCUT2D eigenvalue weighted by Crippen LogP contribution is -2.49. The number of ether oxygens (including phenoxy) is 1. The Bertz CT molecular complexity index is 1190. The third-order valence-electron chi connectivity index (χ3n) is 6.32. The Kier molecular flexibility index (Phi) is 7.09. The highest BCUT2D eigenvalue weighted by Crippen LogP contribution is 2.38. The average molecular weight is 509 g/mol. The lowest BCUT2D eigenvalue weighted by atomic mass is 9.98. The molecule has 3 heterocycles. The molecule has 6 nitrogen and oxygen atoms in total. The minimum absolute atomic E-state index is 0.0712. The second-order valence-corrected chi connectivity index (χ2v) is 11.7. The van der Waals surface area contributed by atoms with Crippen molar-refractivity contribution in [3.05, 3.63) is 65.2 Å². The van der Waals surface area contributed by atoms with Crippen molar-refractivity contribution in [2.75, 3.05) is 6.26 Å². The van der Waals surface area contributed by atoms with Gasteiger partial charge in [0.15, 0.2) is 8.68 Å². The van der Waals surface area contributed by atoms with Gasteiger partial charge >= 0.3 is 0 Å². The van der Waals surface area contributed by atoms with Gasteiger partial charge in [0.1, 0.15) is 11.9 Å². The molecule has 2 aliphatic heterocycles. The van der Waals surface area contributed by atoms with Crippen LogP contribution in [0.15, 0.2) is 57.2 Å². The molecule has 2 saturated heterocycles. The van der Waals surface area contributed by atoms with Crippen LogP contribution in [0.4, 0.5) is 0 Å². The van der Waals surface area contributed by atoms with Crippen LogP contribution in [-0.2, 0) is 5.75 Å². The van der Waals surface area contributed by atoms with E-state index in [-0.39, 0.29) is 24.1 Å². The maximum absolute atomic E-state index is 13.4. The van der Waals surface area contributed by atoms with Gasteiger partial charge in [-0.1, -0.05) is 53.1 Å². The van der Waals surface area contributed by atoms with Crippen molar-refractivity contribution >= 4 is 40.8 Å². The lowest BCUT2D eigenvalue weighted by Gasteiger charge is -2.39. The molecule has 2 aromatic carbocycles. The van der Waals surface area contributed by atoms with Gasteiger partial charge in [-0.05, 0) is 55.0 Å².